The van der Waals surface area contributed by atoms with Crippen LogP contribution < -0.4 is 4.74 Å². The molecule has 3 heteroatoms. The first kappa shape index (κ1) is 9.90. The van der Waals surface area contributed by atoms with E-state index in [1.807, 2.05) is 39.0 Å². The molecule has 0 aliphatic heterocycles. The second-order valence-corrected chi connectivity index (χ2v) is 3.82. The van der Waals surface area contributed by atoms with Gasteiger partial charge in [-0.05, 0) is 32.4 Å². The Kier molecular flexibility index (Phi) is 2.54. The number of aryl methyl sites for hydroxylation is 1. The highest BCUT2D eigenvalue weighted by molar-refractivity contribution is 5.85. The first-order valence-electron chi connectivity index (χ1n) is 5.05. The highest BCUT2D eigenvalue weighted by Crippen LogP contribution is 2.23. The molecule has 0 saturated carbocycles. The van der Waals surface area contributed by atoms with Crippen LogP contribution in [0.3, 0.4) is 0 Å². The van der Waals surface area contributed by atoms with E-state index in [2.05, 4.69) is 9.97 Å². The first-order chi connectivity index (χ1) is 7.18. The number of para-hydroxylation sites is 1. The lowest BCUT2D eigenvalue weighted by Gasteiger charge is -2.10. The molecule has 0 aliphatic carbocycles. The summed E-state index contributed by atoms with van der Waals surface area (Å²) >= 11 is 0. The third-order valence-electron chi connectivity index (χ3n) is 2.18. The molecule has 1 aromatic carbocycles. The molecule has 2 aromatic rings. The minimum atomic E-state index is 0.128. The Bertz CT molecular complexity index is 480. The lowest BCUT2D eigenvalue weighted by molar-refractivity contribution is 0.235. The van der Waals surface area contributed by atoms with Crippen molar-refractivity contribution in [2.75, 3.05) is 0 Å². The Morgan fingerprint density at radius 2 is 2.00 bits per heavy atom. The van der Waals surface area contributed by atoms with Gasteiger partial charge in [-0.25, -0.2) is 9.97 Å². The summed E-state index contributed by atoms with van der Waals surface area (Å²) in [6.45, 7) is 6.02. The Morgan fingerprint density at radius 1 is 1.20 bits per heavy atom. The Hall–Kier alpha value is -1.64. The van der Waals surface area contributed by atoms with Gasteiger partial charge in [-0.15, -0.1) is 0 Å². The van der Waals surface area contributed by atoms with Gasteiger partial charge < -0.3 is 4.74 Å². The summed E-state index contributed by atoms with van der Waals surface area (Å²) in [4.78, 5) is 8.41. The molecule has 0 bridgehead atoms. The summed E-state index contributed by atoms with van der Waals surface area (Å²) < 4.78 is 5.63. The van der Waals surface area contributed by atoms with E-state index in [0.717, 1.165) is 16.5 Å². The summed E-state index contributed by atoms with van der Waals surface area (Å²) in [5, 5.41) is 0.978. The standard InChI is InChI=1S/C12H14N2O/c1-8(2)15-12-10-6-4-5-9(3)11(10)13-7-14-12/h4-8H,1-3H3. The van der Waals surface area contributed by atoms with Gasteiger partial charge in [0.1, 0.15) is 6.33 Å². The van der Waals surface area contributed by atoms with Gasteiger partial charge >= 0.3 is 0 Å². The van der Waals surface area contributed by atoms with Crippen LogP contribution in [0.15, 0.2) is 24.5 Å². The minimum absolute atomic E-state index is 0.128. The van der Waals surface area contributed by atoms with Crippen LogP contribution >= 0.6 is 0 Å². The summed E-state index contributed by atoms with van der Waals surface area (Å²) in [6, 6.07) is 6.02. The second-order valence-electron chi connectivity index (χ2n) is 3.82. The van der Waals surface area contributed by atoms with Crippen molar-refractivity contribution in [1.29, 1.82) is 0 Å². The van der Waals surface area contributed by atoms with E-state index in [4.69, 9.17) is 4.74 Å². The van der Waals surface area contributed by atoms with Gasteiger partial charge in [0.05, 0.1) is 17.0 Å². The van der Waals surface area contributed by atoms with Crippen molar-refractivity contribution in [2.45, 2.75) is 26.9 Å². The highest BCUT2D eigenvalue weighted by Gasteiger charge is 2.07. The molecule has 0 atom stereocenters. The van der Waals surface area contributed by atoms with Crippen LogP contribution in [0.4, 0.5) is 0 Å². The highest BCUT2D eigenvalue weighted by atomic mass is 16.5. The van der Waals surface area contributed by atoms with Gasteiger partial charge in [0.15, 0.2) is 0 Å². The first-order valence-corrected chi connectivity index (χ1v) is 5.05. The maximum absolute atomic E-state index is 5.63. The van der Waals surface area contributed by atoms with Crippen molar-refractivity contribution in [3.8, 4) is 5.88 Å². The molecule has 0 radical (unpaired) electrons. The molecule has 0 amide bonds. The van der Waals surface area contributed by atoms with E-state index in [1.165, 1.54) is 0 Å². The molecule has 0 fully saturated rings. The maximum atomic E-state index is 5.63. The number of nitrogens with zero attached hydrogens (tertiary/aromatic N) is 2. The van der Waals surface area contributed by atoms with Crippen molar-refractivity contribution in [2.24, 2.45) is 0 Å². The van der Waals surface area contributed by atoms with Crippen LogP contribution in [-0.4, -0.2) is 16.1 Å². The molecule has 78 valence electrons. The lowest BCUT2D eigenvalue weighted by Crippen LogP contribution is -2.07. The van der Waals surface area contributed by atoms with Crippen LogP contribution in [0.1, 0.15) is 19.4 Å². The fourth-order valence-electron chi connectivity index (χ4n) is 1.53. The number of benzene rings is 1. The smallest absolute Gasteiger partial charge is 0.224 e. The predicted octanol–water partition coefficient (Wildman–Crippen LogP) is 2.73. The SMILES string of the molecule is Cc1cccc2c(OC(C)C)ncnc12. The number of hydrogen-bond acceptors (Lipinski definition) is 3. The molecule has 0 aliphatic rings. The lowest BCUT2D eigenvalue weighted by atomic mass is 10.1. The van der Waals surface area contributed by atoms with E-state index in [0.29, 0.717) is 5.88 Å². The van der Waals surface area contributed by atoms with Gasteiger partial charge in [0.2, 0.25) is 5.88 Å². The Balaban J connectivity index is 2.61. The normalized spacial score (nSPS) is 10.9. The van der Waals surface area contributed by atoms with Crippen LogP contribution in [0, 0.1) is 6.92 Å². The fourth-order valence-corrected chi connectivity index (χ4v) is 1.53. The zero-order valence-corrected chi connectivity index (χ0v) is 9.19. The topological polar surface area (TPSA) is 35.0 Å². The molecular formula is C12H14N2O. The van der Waals surface area contributed by atoms with Gasteiger partial charge in [-0.1, -0.05) is 12.1 Å². The average Bonchev–Trinajstić information content (AvgIpc) is 2.19. The van der Waals surface area contributed by atoms with Crippen LogP contribution in [0.25, 0.3) is 10.9 Å². The van der Waals surface area contributed by atoms with Gasteiger partial charge in [-0.3, -0.25) is 0 Å². The molecule has 2 rings (SSSR count). The predicted molar refractivity (Wildman–Crippen MR) is 60.0 cm³/mol. The molecule has 1 aromatic heterocycles. The third-order valence-corrected chi connectivity index (χ3v) is 2.18. The maximum Gasteiger partial charge on any atom is 0.224 e. The second kappa shape index (κ2) is 3.85. The van der Waals surface area contributed by atoms with Crippen molar-refractivity contribution in [3.05, 3.63) is 30.1 Å². The minimum Gasteiger partial charge on any atom is -0.474 e. The number of fused-ring (bicyclic) bond motifs is 1. The van der Waals surface area contributed by atoms with E-state index in [1.54, 1.807) is 6.33 Å². The van der Waals surface area contributed by atoms with Crippen LogP contribution in [0.2, 0.25) is 0 Å². The summed E-state index contributed by atoms with van der Waals surface area (Å²) in [5.41, 5.74) is 2.10. The molecule has 15 heavy (non-hydrogen) atoms. The zero-order valence-electron chi connectivity index (χ0n) is 9.19. The Labute approximate surface area is 89.1 Å². The third kappa shape index (κ3) is 1.91. The summed E-state index contributed by atoms with van der Waals surface area (Å²) in [7, 11) is 0. The van der Waals surface area contributed by atoms with E-state index >= 15 is 0 Å². The van der Waals surface area contributed by atoms with Crippen molar-refractivity contribution in [1.82, 2.24) is 9.97 Å². The molecule has 0 N–H and O–H groups in total. The van der Waals surface area contributed by atoms with Crippen molar-refractivity contribution < 1.29 is 4.74 Å². The number of aromatic nitrogens is 2. The summed E-state index contributed by atoms with van der Waals surface area (Å²) in [5.74, 6) is 0.665. The molecule has 0 spiro atoms. The monoisotopic (exact) mass is 202 g/mol. The van der Waals surface area contributed by atoms with Crippen LogP contribution in [-0.2, 0) is 0 Å². The molecular weight excluding hydrogens is 188 g/mol. The van der Waals surface area contributed by atoms with Gasteiger partial charge in [0, 0.05) is 0 Å². The molecule has 3 nitrogen and oxygen atoms in total. The molecule has 0 unspecified atom stereocenters. The number of rotatable bonds is 2. The molecule has 1 heterocycles. The largest absolute Gasteiger partial charge is 0.474 e. The number of ether oxygens (including phenoxy) is 1. The van der Waals surface area contributed by atoms with E-state index in [9.17, 15) is 0 Å². The van der Waals surface area contributed by atoms with Gasteiger partial charge in [-0.2, -0.15) is 0 Å². The van der Waals surface area contributed by atoms with Crippen LogP contribution in [0.5, 0.6) is 5.88 Å². The molecule has 0 saturated heterocycles. The summed E-state index contributed by atoms with van der Waals surface area (Å²) in [6.07, 6.45) is 1.68. The van der Waals surface area contributed by atoms with E-state index in [-0.39, 0.29) is 6.10 Å². The quantitative estimate of drug-likeness (QED) is 0.751. The van der Waals surface area contributed by atoms with E-state index < -0.39 is 0 Å². The Morgan fingerprint density at radius 3 is 2.73 bits per heavy atom. The van der Waals surface area contributed by atoms with Crippen molar-refractivity contribution >= 4 is 10.9 Å². The van der Waals surface area contributed by atoms with Gasteiger partial charge in [0.25, 0.3) is 0 Å². The fraction of sp³-hybridized carbons (Fsp3) is 0.333. The zero-order chi connectivity index (χ0) is 10.8. The number of hydrogen-bond donors (Lipinski definition) is 0. The van der Waals surface area contributed by atoms with Crippen molar-refractivity contribution in [3.63, 3.8) is 0 Å². The average molecular weight is 202 g/mol.